The first-order valence-electron chi connectivity index (χ1n) is 6.02. The number of thioether (sulfide) groups is 1. The number of nitrogens with one attached hydrogen (secondary N) is 1. The lowest BCUT2D eigenvalue weighted by Gasteiger charge is -2.21. The van der Waals surface area contributed by atoms with Crippen molar-refractivity contribution in [3.63, 3.8) is 0 Å². The fourth-order valence-electron chi connectivity index (χ4n) is 2.34. The summed E-state index contributed by atoms with van der Waals surface area (Å²) in [5.74, 6) is 2.22. The minimum absolute atomic E-state index is 0.511. The minimum atomic E-state index is 0.511. The first kappa shape index (κ1) is 12.5. The molecule has 1 aromatic rings. The summed E-state index contributed by atoms with van der Waals surface area (Å²) >= 11 is 1.94. The maximum atomic E-state index is 5.87. The smallest absolute Gasteiger partial charge is 0.135 e. The van der Waals surface area contributed by atoms with Crippen LogP contribution in [0.15, 0.2) is 0 Å². The fourth-order valence-corrected chi connectivity index (χ4v) is 3.27. The number of aryl methyl sites for hydroxylation is 1. The third-order valence-electron chi connectivity index (χ3n) is 3.37. The number of nitrogen functional groups attached to an aromatic ring is 1. The van der Waals surface area contributed by atoms with Crippen molar-refractivity contribution in [1.29, 1.82) is 0 Å². The summed E-state index contributed by atoms with van der Waals surface area (Å²) < 4.78 is 0. The molecule has 0 saturated heterocycles. The van der Waals surface area contributed by atoms with E-state index >= 15 is 0 Å². The molecule has 4 nitrogen and oxygen atoms in total. The zero-order valence-corrected chi connectivity index (χ0v) is 11.5. The Hall–Kier alpha value is -0.970. The van der Waals surface area contributed by atoms with Gasteiger partial charge in [-0.15, -0.1) is 0 Å². The molecule has 5 heteroatoms. The Morgan fingerprint density at radius 2 is 2.06 bits per heavy atom. The quantitative estimate of drug-likeness (QED) is 0.864. The molecule has 17 heavy (non-hydrogen) atoms. The van der Waals surface area contributed by atoms with Crippen LogP contribution in [0.4, 0.5) is 11.6 Å². The highest BCUT2D eigenvalue weighted by atomic mass is 32.2. The molecule has 1 heterocycles. The van der Waals surface area contributed by atoms with Crippen LogP contribution >= 0.6 is 11.8 Å². The number of rotatable bonds is 3. The van der Waals surface area contributed by atoms with E-state index in [0.717, 1.165) is 17.2 Å². The van der Waals surface area contributed by atoms with Gasteiger partial charge in [-0.1, -0.05) is 6.42 Å². The van der Waals surface area contributed by atoms with Crippen LogP contribution in [0.3, 0.4) is 0 Å². The second-order valence-electron chi connectivity index (χ2n) is 4.59. The van der Waals surface area contributed by atoms with Crippen LogP contribution in [0.5, 0.6) is 0 Å². The van der Waals surface area contributed by atoms with Gasteiger partial charge in [0.2, 0.25) is 0 Å². The first-order valence-corrected chi connectivity index (χ1v) is 7.30. The van der Waals surface area contributed by atoms with Gasteiger partial charge in [0, 0.05) is 16.9 Å². The molecule has 3 N–H and O–H groups in total. The number of nitrogens with zero attached hydrogens (tertiary/aromatic N) is 2. The van der Waals surface area contributed by atoms with Crippen molar-refractivity contribution in [3.05, 3.63) is 11.4 Å². The average Bonchev–Trinajstić information content (AvgIpc) is 2.72. The van der Waals surface area contributed by atoms with Gasteiger partial charge in [0.25, 0.3) is 0 Å². The Labute approximate surface area is 107 Å². The van der Waals surface area contributed by atoms with E-state index in [2.05, 4.69) is 21.5 Å². The molecule has 2 unspecified atom stereocenters. The van der Waals surface area contributed by atoms with E-state index in [1.165, 1.54) is 19.3 Å². The number of hydrogen-bond donors (Lipinski definition) is 2. The van der Waals surface area contributed by atoms with Crippen LogP contribution in [0.1, 0.15) is 30.7 Å². The molecule has 1 aliphatic rings. The van der Waals surface area contributed by atoms with Crippen LogP contribution < -0.4 is 11.1 Å². The molecule has 0 aliphatic heterocycles. The van der Waals surface area contributed by atoms with Gasteiger partial charge in [-0.2, -0.15) is 11.8 Å². The molecule has 0 amide bonds. The molecule has 0 spiro atoms. The van der Waals surface area contributed by atoms with Crippen LogP contribution in [0.25, 0.3) is 0 Å². The molecule has 0 radical (unpaired) electrons. The largest absolute Gasteiger partial charge is 0.383 e. The lowest BCUT2D eigenvalue weighted by Crippen LogP contribution is -2.27. The van der Waals surface area contributed by atoms with Gasteiger partial charge in [0.05, 0.1) is 0 Å². The molecule has 1 aromatic heterocycles. The first-order chi connectivity index (χ1) is 8.11. The van der Waals surface area contributed by atoms with Crippen molar-refractivity contribution in [2.45, 2.75) is 44.4 Å². The SMILES string of the molecule is CSC1CCCC1Nc1nc(C)nc(N)c1C. The van der Waals surface area contributed by atoms with E-state index < -0.39 is 0 Å². The Balaban J connectivity index is 2.18. The van der Waals surface area contributed by atoms with Crippen molar-refractivity contribution in [3.8, 4) is 0 Å². The molecule has 1 saturated carbocycles. The summed E-state index contributed by atoms with van der Waals surface area (Å²) in [6, 6.07) is 0.511. The fraction of sp³-hybridized carbons (Fsp3) is 0.667. The van der Waals surface area contributed by atoms with Crippen LogP contribution in [-0.2, 0) is 0 Å². The molecule has 94 valence electrons. The summed E-state index contributed by atoms with van der Waals surface area (Å²) in [5.41, 5.74) is 6.83. The summed E-state index contributed by atoms with van der Waals surface area (Å²) in [6.07, 6.45) is 5.98. The second kappa shape index (κ2) is 5.12. The maximum Gasteiger partial charge on any atom is 0.135 e. The highest BCUT2D eigenvalue weighted by Crippen LogP contribution is 2.31. The van der Waals surface area contributed by atoms with Gasteiger partial charge in [0.1, 0.15) is 17.5 Å². The molecule has 1 aliphatic carbocycles. The molecular weight excluding hydrogens is 232 g/mol. The summed E-state index contributed by atoms with van der Waals surface area (Å²) in [5, 5.41) is 4.23. The Kier molecular flexibility index (Phi) is 3.76. The zero-order chi connectivity index (χ0) is 12.4. The Morgan fingerprint density at radius 3 is 2.76 bits per heavy atom. The van der Waals surface area contributed by atoms with Crippen molar-refractivity contribution in [2.75, 3.05) is 17.3 Å². The number of hydrogen-bond acceptors (Lipinski definition) is 5. The van der Waals surface area contributed by atoms with Crippen LogP contribution in [0, 0.1) is 13.8 Å². The molecule has 2 atom stereocenters. The van der Waals surface area contributed by atoms with E-state index in [1.807, 2.05) is 25.6 Å². The molecule has 0 aromatic carbocycles. The van der Waals surface area contributed by atoms with Gasteiger partial charge in [-0.25, -0.2) is 9.97 Å². The molecule has 2 rings (SSSR count). The van der Waals surface area contributed by atoms with Crippen LogP contribution in [0.2, 0.25) is 0 Å². The van der Waals surface area contributed by atoms with E-state index in [-0.39, 0.29) is 0 Å². The van der Waals surface area contributed by atoms with Crippen LogP contribution in [-0.4, -0.2) is 27.5 Å². The summed E-state index contributed by atoms with van der Waals surface area (Å²) in [6.45, 7) is 3.85. The predicted octanol–water partition coefficient (Wildman–Crippen LogP) is 2.37. The van der Waals surface area contributed by atoms with Crippen molar-refractivity contribution < 1.29 is 0 Å². The highest BCUT2D eigenvalue weighted by Gasteiger charge is 2.27. The normalized spacial score (nSPS) is 23.9. The predicted molar refractivity (Wildman–Crippen MR) is 74.5 cm³/mol. The van der Waals surface area contributed by atoms with E-state index in [1.54, 1.807) is 0 Å². The zero-order valence-electron chi connectivity index (χ0n) is 10.7. The van der Waals surface area contributed by atoms with Gasteiger partial charge in [-0.05, 0) is 32.9 Å². The average molecular weight is 252 g/mol. The third-order valence-corrected chi connectivity index (χ3v) is 4.54. The Bertz CT molecular complexity index is 408. The van der Waals surface area contributed by atoms with E-state index in [9.17, 15) is 0 Å². The summed E-state index contributed by atoms with van der Waals surface area (Å²) in [4.78, 5) is 8.62. The lowest BCUT2D eigenvalue weighted by atomic mass is 10.2. The monoisotopic (exact) mass is 252 g/mol. The number of aromatic nitrogens is 2. The minimum Gasteiger partial charge on any atom is -0.383 e. The standard InChI is InChI=1S/C12H20N4S/c1-7-11(13)14-8(2)15-12(7)16-9-5-4-6-10(9)17-3/h9-10H,4-6H2,1-3H3,(H3,13,14,15,16). The number of nitrogens with two attached hydrogens (primary N) is 1. The van der Waals surface area contributed by atoms with Crippen molar-refractivity contribution in [2.24, 2.45) is 0 Å². The molecule has 1 fully saturated rings. The van der Waals surface area contributed by atoms with Crippen molar-refractivity contribution in [1.82, 2.24) is 9.97 Å². The van der Waals surface area contributed by atoms with E-state index in [4.69, 9.17) is 5.73 Å². The summed E-state index contributed by atoms with van der Waals surface area (Å²) in [7, 11) is 0. The highest BCUT2D eigenvalue weighted by molar-refractivity contribution is 7.99. The van der Waals surface area contributed by atoms with Crippen molar-refractivity contribution >= 4 is 23.4 Å². The molecular formula is C12H20N4S. The Morgan fingerprint density at radius 1 is 1.29 bits per heavy atom. The van der Waals surface area contributed by atoms with Gasteiger partial charge in [-0.3, -0.25) is 0 Å². The van der Waals surface area contributed by atoms with E-state index in [0.29, 0.717) is 17.1 Å². The number of anilines is 2. The van der Waals surface area contributed by atoms with Gasteiger partial charge in [0.15, 0.2) is 0 Å². The second-order valence-corrected chi connectivity index (χ2v) is 5.66. The topological polar surface area (TPSA) is 63.8 Å². The third kappa shape index (κ3) is 2.65. The lowest BCUT2D eigenvalue weighted by molar-refractivity contribution is 0.759. The maximum absolute atomic E-state index is 5.87. The van der Waals surface area contributed by atoms with Gasteiger partial charge < -0.3 is 11.1 Å². The molecule has 0 bridgehead atoms. The van der Waals surface area contributed by atoms with Gasteiger partial charge >= 0.3 is 0 Å².